The zero-order valence-electron chi connectivity index (χ0n) is 14.0. The Morgan fingerprint density at radius 2 is 2.04 bits per heavy atom. The predicted octanol–water partition coefficient (Wildman–Crippen LogP) is 2.88. The van der Waals surface area contributed by atoms with Crippen molar-refractivity contribution in [3.63, 3.8) is 0 Å². The second kappa shape index (κ2) is 6.19. The summed E-state index contributed by atoms with van der Waals surface area (Å²) in [6, 6.07) is 5.80. The highest BCUT2D eigenvalue weighted by Crippen LogP contribution is 2.28. The molecule has 0 amide bonds. The molecule has 3 rings (SSSR count). The van der Waals surface area contributed by atoms with E-state index in [0.29, 0.717) is 11.4 Å². The molecule has 0 aliphatic carbocycles. The second-order valence-electron chi connectivity index (χ2n) is 5.37. The van der Waals surface area contributed by atoms with Gasteiger partial charge in [0.05, 0.1) is 19.8 Å². The molecule has 7 heteroatoms. The summed E-state index contributed by atoms with van der Waals surface area (Å²) < 4.78 is 11.8. The Morgan fingerprint density at radius 1 is 1.25 bits per heavy atom. The van der Waals surface area contributed by atoms with E-state index in [0.717, 1.165) is 28.1 Å². The lowest BCUT2D eigenvalue weighted by atomic mass is 10.2. The maximum absolute atomic E-state index is 11.9. The van der Waals surface area contributed by atoms with Crippen molar-refractivity contribution in [3.05, 3.63) is 47.4 Å². The fourth-order valence-corrected chi connectivity index (χ4v) is 2.60. The van der Waals surface area contributed by atoms with E-state index in [1.54, 1.807) is 17.8 Å². The summed E-state index contributed by atoms with van der Waals surface area (Å²) in [5.41, 5.74) is 3.81. The molecule has 0 aliphatic rings. The lowest BCUT2D eigenvalue weighted by molar-refractivity contribution is 0.0600. The number of anilines is 2. The van der Waals surface area contributed by atoms with Crippen LogP contribution in [0.3, 0.4) is 0 Å². The third-order valence-electron chi connectivity index (χ3n) is 3.90. The van der Waals surface area contributed by atoms with Crippen LogP contribution in [0.15, 0.2) is 30.7 Å². The zero-order chi connectivity index (χ0) is 17.3. The topological polar surface area (TPSA) is 77.8 Å². The molecular formula is C17H18N4O3. The minimum absolute atomic E-state index is 0.402. The number of carbonyl (C=O) groups is 1. The monoisotopic (exact) mass is 326 g/mol. The molecule has 0 radical (unpaired) electrons. The van der Waals surface area contributed by atoms with Crippen LogP contribution < -0.4 is 10.1 Å². The first-order valence-electron chi connectivity index (χ1n) is 7.38. The van der Waals surface area contributed by atoms with E-state index in [-0.39, 0.29) is 0 Å². The van der Waals surface area contributed by atoms with Crippen LogP contribution in [0, 0.1) is 13.8 Å². The van der Waals surface area contributed by atoms with Crippen molar-refractivity contribution < 1.29 is 14.3 Å². The average molecular weight is 326 g/mol. The molecule has 1 N–H and O–H groups in total. The number of ether oxygens (including phenoxy) is 2. The molecule has 0 spiro atoms. The molecular weight excluding hydrogens is 308 g/mol. The van der Waals surface area contributed by atoms with Crippen LogP contribution in [0.4, 0.5) is 11.5 Å². The number of benzene rings is 1. The van der Waals surface area contributed by atoms with Crippen LogP contribution in [0.5, 0.6) is 5.75 Å². The first kappa shape index (κ1) is 15.8. The number of fused-ring (bicyclic) bond motifs is 1. The van der Waals surface area contributed by atoms with Crippen molar-refractivity contribution >= 4 is 23.0 Å². The number of aromatic nitrogens is 3. The number of methoxy groups -OCH3 is 2. The van der Waals surface area contributed by atoms with Crippen LogP contribution in [0.2, 0.25) is 0 Å². The van der Waals surface area contributed by atoms with E-state index in [4.69, 9.17) is 9.47 Å². The molecule has 124 valence electrons. The van der Waals surface area contributed by atoms with Crippen molar-refractivity contribution in [3.8, 4) is 5.75 Å². The maximum atomic E-state index is 11.9. The number of rotatable bonds is 4. The van der Waals surface area contributed by atoms with E-state index < -0.39 is 5.97 Å². The van der Waals surface area contributed by atoms with Crippen LogP contribution in [-0.2, 0) is 4.74 Å². The van der Waals surface area contributed by atoms with Gasteiger partial charge in [-0.3, -0.25) is 0 Å². The van der Waals surface area contributed by atoms with Gasteiger partial charge in [0.1, 0.15) is 17.6 Å². The van der Waals surface area contributed by atoms with Gasteiger partial charge in [-0.2, -0.15) is 5.10 Å². The van der Waals surface area contributed by atoms with Gasteiger partial charge >= 0.3 is 5.97 Å². The first-order chi connectivity index (χ1) is 11.5. The minimum Gasteiger partial charge on any atom is -0.496 e. The van der Waals surface area contributed by atoms with Gasteiger partial charge in [0, 0.05) is 18.0 Å². The van der Waals surface area contributed by atoms with Crippen LogP contribution in [0.25, 0.3) is 5.52 Å². The minimum atomic E-state index is -0.402. The van der Waals surface area contributed by atoms with Crippen molar-refractivity contribution in [2.24, 2.45) is 0 Å². The SMILES string of the molecule is COC(=O)c1cn2ncnc(Nc3ccc(C)c(OC)c3)c2c1C. The molecule has 7 nitrogen and oxygen atoms in total. The van der Waals surface area contributed by atoms with Crippen molar-refractivity contribution in [1.29, 1.82) is 0 Å². The summed E-state index contributed by atoms with van der Waals surface area (Å²) in [6.45, 7) is 3.82. The molecule has 0 bridgehead atoms. The highest BCUT2D eigenvalue weighted by Gasteiger charge is 2.18. The van der Waals surface area contributed by atoms with Crippen LogP contribution in [-0.4, -0.2) is 34.8 Å². The molecule has 3 aromatic rings. The number of nitrogens with one attached hydrogen (secondary N) is 1. The van der Waals surface area contributed by atoms with Gasteiger partial charge in [0.25, 0.3) is 0 Å². The number of hydrogen-bond acceptors (Lipinski definition) is 6. The summed E-state index contributed by atoms with van der Waals surface area (Å²) in [5, 5.41) is 7.42. The van der Waals surface area contributed by atoms with Gasteiger partial charge in [0.2, 0.25) is 0 Å². The van der Waals surface area contributed by atoms with E-state index in [1.807, 2.05) is 32.0 Å². The summed E-state index contributed by atoms with van der Waals surface area (Å²) in [4.78, 5) is 16.2. The number of hydrogen-bond donors (Lipinski definition) is 1. The Balaban J connectivity index is 2.07. The van der Waals surface area contributed by atoms with E-state index in [2.05, 4.69) is 15.4 Å². The molecule has 24 heavy (non-hydrogen) atoms. The fraction of sp³-hybridized carbons (Fsp3) is 0.235. The normalized spacial score (nSPS) is 10.7. The van der Waals surface area contributed by atoms with Crippen molar-refractivity contribution in [2.45, 2.75) is 13.8 Å². The molecule has 0 atom stereocenters. The van der Waals surface area contributed by atoms with Gasteiger partial charge in [-0.1, -0.05) is 6.07 Å². The fourth-order valence-electron chi connectivity index (χ4n) is 2.60. The van der Waals surface area contributed by atoms with Crippen LogP contribution >= 0.6 is 0 Å². The number of nitrogens with zero attached hydrogens (tertiary/aromatic N) is 3. The van der Waals surface area contributed by atoms with Crippen molar-refractivity contribution in [2.75, 3.05) is 19.5 Å². The molecule has 1 aromatic carbocycles. The summed E-state index contributed by atoms with van der Waals surface area (Å²) >= 11 is 0. The van der Waals surface area contributed by atoms with Gasteiger partial charge < -0.3 is 14.8 Å². The molecule has 0 saturated carbocycles. The highest BCUT2D eigenvalue weighted by atomic mass is 16.5. The van der Waals surface area contributed by atoms with Gasteiger partial charge in [-0.15, -0.1) is 0 Å². The number of esters is 1. The third-order valence-corrected chi connectivity index (χ3v) is 3.90. The lowest BCUT2D eigenvalue weighted by Crippen LogP contribution is -2.01. The highest BCUT2D eigenvalue weighted by molar-refractivity contribution is 5.95. The van der Waals surface area contributed by atoms with E-state index in [1.165, 1.54) is 13.4 Å². The quantitative estimate of drug-likeness (QED) is 0.743. The van der Waals surface area contributed by atoms with E-state index >= 15 is 0 Å². The molecule has 2 aromatic heterocycles. The largest absolute Gasteiger partial charge is 0.496 e. The Labute approximate surface area is 139 Å². The summed E-state index contributed by atoms with van der Waals surface area (Å²) in [5.74, 6) is 0.983. The predicted molar refractivity (Wildman–Crippen MR) is 90.1 cm³/mol. The Hall–Kier alpha value is -3.09. The first-order valence-corrected chi connectivity index (χ1v) is 7.38. The van der Waals surface area contributed by atoms with Crippen molar-refractivity contribution in [1.82, 2.24) is 14.6 Å². The molecule has 0 aliphatic heterocycles. The van der Waals surface area contributed by atoms with Gasteiger partial charge in [0.15, 0.2) is 5.82 Å². The average Bonchev–Trinajstić information content (AvgIpc) is 2.94. The van der Waals surface area contributed by atoms with E-state index in [9.17, 15) is 4.79 Å². The second-order valence-corrected chi connectivity index (χ2v) is 5.37. The summed E-state index contributed by atoms with van der Waals surface area (Å²) in [7, 11) is 2.99. The molecule has 0 fully saturated rings. The van der Waals surface area contributed by atoms with Gasteiger partial charge in [-0.25, -0.2) is 14.3 Å². The Bertz CT molecular complexity index is 918. The maximum Gasteiger partial charge on any atom is 0.339 e. The molecule has 2 heterocycles. The number of aryl methyl sites for hydroxylation is 2. The van der Waals surface area contributed by atoms with Crippen LogP contribution in [0.1, 0.15) is 21.5 Å². The number of carbonyl (C=O) groups excluding carboxylic acids is 1. The summed E-state index contributed by atoms with van der Waals surface area (Å²) in [6.07, 6.45) is 3.07. The Kier molecular flexibility index (Phi) is 4.07. The standard InChI is InChI=1S/C17H18N4O3/c1-10-5-6-12(7-14(10)23-3)20-16-15-11(2)13(17(22)24-4)8-21(15)19-9-18-16/h5-9H,1-4H3,(H,18,19,20). The lowest BCUT2D eigenvalue weighted by Gasteiger charge is -2.10. The Morgan fingerprint density at radius 3 is 2.75 bits per heavy atom. The smallest absolute Gasteiger partial charge is 0.339 e. The molecule has 0 unspecified atom stereocenters. The third kappa shape index (κ3) is 2.64. The van der Waals surface area contributed by atoms with Gasteiger partial charge in [-0.05, 0) is 31.0 Å². The zero-order valence-corrected chi connectivity index (χ0v) is 14.0. The molecule has 0 saturated heterocycles.